The number of carbonyl (C=O) groups excluding carboxylic acids is 3. The number of halogens is 1. The van der Waals surface area contributed by atoms with Crippen molar-refractivity contribution in [3.8, 4) is 5.75 Å². The zero-order valence-corrected chi connectivity index (χ0v) is 16.3. The van der Waals surface area contributed by atoms with Gasteiger partial charge >= 0.3 is 12.0 Å². The molecule has 152 valence electrons. The Balaban J connectivity index is 1.68. The number of ether oxygens (including phenoxy) is 2. The number of rotatable bonds is 6. The molecule has 1 aliphatic rings. The van der Waals surface area contributed by atoms with Gasteiger partial charge in [0.15, 0.2) is 0 Å². The summed E-state index contributed by atoms with van der Waals surface area (Å²) in [4.78, 5) is 38.2. The quantitative estimate of drug-likeness (QED) is 0.595. The highest BCUT2D eigenvalue weighted by Gasteiger charge is 2.49. The Hall–Kier alpha value is -3.42. The minimum Gasteiger partial charge on any atom is -0.496 e. The number of hydrogen-bond donors (Lipinski definition) is 1. The molecule has 1 fully saturated rings. The van der Waals surface area contributed by atoms with E-state index in [-0.39, 0.29) is 6.61 Å². The SMILES string of the molecule is COc1ccc(F)cc1COC(=O)CN1C(=O)N[C@](C)(c2ccc(C)cc2)C1=O. The molecule has 0 radical (unpaired) electrons. The van der Waals surface area contributed by atoms with Crippen molar-refractivity contribution in [3.05, 3.63) is 65.0 Å². The molecule has 3 amide bonds. The molecule has 0 saturated carbocycles. The third-order valence-electron chi connectivity index (χ3n) is 4.82. The second-order valence-corrected chi connectivity index (χ2v) is 6.93. The molecule has 0 aromatic heterocycles. The van der Waals surface area contributed by atoms with Gasteiger partial charge in [-0.15, -0.1) is 0 Å². The lowest BCUT2D eigenvalue weighted by molar-refractivity contribution is -0.148. The molecule has 0 unspecified atom stereocenters. The lowest BCUT2D eigenvalue weighted by Crippen LogP contribution is -2.41. The van der Waals surface area contributed by atoms with Crippen molar-refractivity contribution in [2.24, 2.45) is 0 Å². The van der Waals surface area contributed by atoms with Gasteiger partial charge in [-0.05, 0) is 37.6 Å². The highest BCUT2D eigenvalue weighted by Crippen LogP contribution is 2.29. The molecule has 1 N–H and O–H groups in total. The third-order valence-corrected chi connectivity index (χ3v) is 4.82. The van der Waals surface area contributed by atoms with E-state index in [0.717, 1.165) is 10.5 Å². The predicted octanol–water partition coefficient (Wildman–Crippen LogP) is 2.65. The molecule has 1 heterocycles. The van der Waals surface area contributed by atoms with E-state index in [9.17, 15) is 18.8 Å². The fourth-order valence-electron chi connectivity index (χ4n) is 3.12. The molecule has 0 bridgehead atoms. The van der Waals surface area contributed by atoms with Crippen LogP contribution < -0.4 is 10.1 Å². The first-order chi connectivity index (χ1) is 13.7. The van der Waals surface area contributed by atoms with E-state index in [0.29, 0.717) is 16.9 Å². The van der Waals surface area contributed by atoms with Crippen LogP contribution in [0.3, 0.4) is 0 Å². The molecular weight excluding hydrogens is 379 g/mol. The van der Waals surface area contributed by atoms with Crippen LogP contribution in [0.5, 0.6) is 5.75 Å². The van der Waals surface area contributed by atoms with Gasteiger partial charge in [-0.25, -0.2) is 9.18 Å². The van der Waals surface area contributed by atoms with Gasteiger partial charge in [0.1, 0.15) is 30.3 Å². The van der Waals surface area contributed by atoms with Crippen molar-refractivity contribution in [2.75, 3.05) is 13.7 Å². The second-order valence-electron chi connectivity index (χ2n) is 6.93. The number of benzene rings is 2. The third kappa shape index (κ3) is 4.06. The van der Waals surface area contributed by atoms with Gasteiger partial charge < -0.3 is 14.8 Å². The van der Waals surface area contributed by atoms with Gasteiger partial charge in [0.05, 0.1) is 7.11 Å². The maximum Gasteiger partial charge on any atom is 0.326 e. The number of aryl methyl sites for hydroxylation is 1. The summed E-state index contributed by atoms with van der Waals surface area (Å²) in [5, 5.41) is 2.63. The molecule has 2 aromatic rings. The van der Waals surface area contributed by atoms with Gasteiger partial charge in [0.2, 0.25) is 0 Å². The van der Waals surface area contributed by atoms with Crippen LogP contribution in [-0.2, 0) is 26.5 Å². The van der Waals surface area contributed by atoms with Crippen LogP contribution in [0.25, 0.3) is 0 Å². The summed E-state index contributed by atoms with van der Waals surface area (Å²) in [5.41, 5.74) is 0.698. The molecule has 7 nitrogen and oxygen atoms in total. The Labute approximate surface area is 167 Å². The summed E-state index contributed by atoms with van der Waals surface area (Å²) in [6.45, 7) is 2.69. The summed E-state index contributed by atoms with van der Waals surface area (Å²) in [5.74, 6) is -1.49. The summed E-state index contributed by atoms with van der Waals surface area (Å²) in [6, 6.07) is 10.3. The maximum atomic E-state index is 13.4. The number of nitrogens with zero attached hydrogens (tertiary/aromatic N) is 1. The van der Waals surface area contributed by atoms with Crippen molar-refractivity contribution in [1.82, 2.24) is 10.2 Å². The number of carbonyl (C=O) groups is 3. The summed E-state index contributed by atoms with van der Waals surface area (Å²) >= 11 is 0. The number of nitrogens with one attached hydrogen (secondary N) is 1. The van der Waals surface area contributed by atoms with E-state index in [2.05, 4.69) is 5.32 Å². The fourth-order valence-corrected chi connectivity index (χ4v) is 3.12. The minimum atomic E-state index is -1.27. The van der Waals surface area contributed by atoms with Crippen LogP contribution in [0.15, 0.2) is 42.5 Å². The van der Waals surface area contributed by atoms with Crippen molar-refractivity contribution >= 4 is 17.9 Å². The highest BCUT2D eigenvalue weighted by molar-refractivity contribution is 6.08. The minimum absolute atomic E-state index is 0.251. The zero-order valence-electron chi connectivity index (χ0n) is 16.3. The van der Waals surface area contributed by atoms with Gasteiger partial charge in [-0.2, -0.15) is 0 Å². The van der Waals surface area contributed by atoms with Crippen molar-refractivity contribution in [3.63, 3.8) is 0 Å². The Morgan fingerprint density at radius 3 is 2.52 bits per heavy atom. The Morgan fingerprint density at radius 1 is 1.17 bits per heavy atom. The first-order valence-electron chi connectivity index (χ1n) is 8.94. The second kappa shape index (κ2) is 7.90. The molecule has 0 aliphatic carbocycles. The van der Waals surface area contributed by atoms with Crippen molar-refractivity contribution in [2.45, 2.75) is 26.0 Å². The van der Waals surface area contributed by atoms with Gasteiger partial charge in [0, 0.05) is 5.56 Å². The standard InChI is InChI=1S/C21H21FN2O5/c1-13-4-6-15(7-5-13)21(2)19(26)24(20(27)23-21)11-18(25)29-12-14-10-16(22)8-9-17(14)28-3/h4-10H,11-12H2,1-3H3,(H,23,27)/t21-/m1/s1. The molecule has 1 aliphatic heterocycles. The molecule has 1 saturated heterocycles. The van der Waals surface area contributed by atoms with Gasteiger partial charge in [-0.3, -0.25) is 14.5 Å². The lowest BCUT2D eigenvalue weighted by atomic mass is 9.91. The molecule has 3 rings (SSSR count). The normalized spacial score (nSPS) is 18.6. The van der Waals surface area contributed by atoms with Crippen LogP contribution >= 0.6 is 0 Å². The molecule has 29 heavy (non-hydrogen) atoms. The fraction of sp³-hybridized carbons (Fsp3) is 0.286. The van der Waals surface area contributed by atoms with Crippen LogP contribution in [0, 0.1) is 12.7 Å². The largest absolute Gasteiger partial charge is 0.496 e. The Kier molecular flexibility index (Phi) is 5.54. The van der Waals surface area contributed by atoms with Crippen LogP contribution in [0.1, 0.15) is 23.6 Å². The lowest BCUT2D eigenvalue weighted by Gasteiger charge is -2.22. The maximum absolute atomic E-state index is 13.4. The van der Waals surface area contributed by atoms with E-state index in [1.807, 2.05) is 19.1 Å². The van der Waals surface area contributed by atoms with Gasteiger partial charge in [-0.1, -0.05) is 29.8 Å². The van der Waals surface area contributed by atoms with E-state index in [1.165, 1.54) is 25.3 Å². The number of methoxy groups -OCH3 is 1. The Morgan fingerprint density at radius 2 is 1.86 bits per heavy atom. The average Bonchev–Trinajstić information content (AvgIpc) is 2.91. The van der Waals surface area contributed by atoms with Crippen LogP contribution in [0.2, 0.25) is 0 Å². The average molecular weight is 400 g/mol. The Bertz CT molecular complexity index is 960. The van der Waals surface area contributed by atoms with E-state index in [4.69, 9.17) is 9.47 Å². The molecule has 1 atom stereocenters. The number of esters is 1. The summed E-state index contributed by atoms with van der Waals surface area (Å²) in [6.07, 6.45) is 0. The topological polar surface area (TPSA) is 84.9 Å². The molecule has 0 spiro atoms. The van der Waals surface area contributed by atoms with Crippen molar-refractivity contribution in [1.29, 1.82) is 0 Å². The smallest absolute Gasteiger partial charge is 0.326 e. The first kappa shape index (κ1) is 20.3. The summed E-state index contributed by atoms with van der Waals surface area (Å²) < 4.78 is 23.6. The van der Waals surface area contributed by atoms with Crippen LogP contribution in [-0.4, -0.2) is 36.5 Å². The molecule has 8 heteroatoms. The molecular formula is C21H21FN2O5. The number of imide groups is 1. The number of amides is 3. The monoisotopic (exact) mass is 400 g/mol. The number of hydrogen-bond acceptors (Lipinski definition) is 5. The molecule has 2 aromatic carbocycles. The predicted molar refractivity (Wildman–Crippen MR) is 102 cm³/mol. The van der Waals surface area contributed by atoms with Crippen molar-refractivity contribution < 1.29 is 28.2 Å². The van der Waals surface area contributed by atoms with Gasteiger partial charge in [0.25, 0.3) is 5.91 Å². The summed E-state index contributed by atoms with van der Waals surface area (Å²) in [7, 11) is 1.41. The zero-order chi connectivity index (χ0) is 21.2. The number of urea groups is 1. The first-order valence-corrected chi connectivity index (χ1v) is 8.94. The van der Waals surface area contributed by atoms with E-state index < -0.39 is 35.8 Å². The highest BCUT2D eigenvalue weighted by atomic mass is 19.1. The van der Waals surface area contributed by atoms with E-state index >= 15 is 0 Å². The van der Waals surface area contributed by atoms with Crippen LogP contribution in [0.4, 0.5) is 9.18 Å². The van der Waals surface area contributed by atoms with E-state index in [1.54, 1.807) is 19.1 Å².